The van der Waals surface area contributed by atoms with Crippen molar-refractivity contribution in [2.45, 2.75) is 38.1 Å². The number of anilines is 1. The van der Waals surface area contributed by atoms with Crippen LogP contribution >= 0.6 is 0 Å². The number of hydrogen-bond acceptors (Lipinski definition) is 6. The van der Waals surface area contributed by atoms with E-state index in [-0.39, 0.29) is 11.8 Å². The van der Waals surface area contributed by atoms with Crippen LogP contribution in [-0.2, 0) is 9.59 Å². The summed E-state index contributed by atoms with van der Waals surface area (Å²) in [6.07, 6.45) is 2.89. The number of carbonyl (C=O) groups is 4. The lowest BCUT2D eigenvalue weighted by Gasteiger charge is -2.33. The summed E-state index contributed by atoms with van der Waals surface area (Å²) in [5.74, 6) is -0.0919. The van der Waals surface area contributed by atoms with E-state index in [0.717, 1.165) is 30.8 Å². The van der Waals surface area contributed by atoms with Gasteiger partial charge in [0.25, 0.3) is 11.8 Å². The number of imide groups is 1. The van der Waals surface area contributed by atoms with Gasteiger partial charge in [-0.2, -0.15) is 0 Å². The normalized spacial score (nSPS) is 25.4. The monoisotopic (exact) mass is 471 g/mol. The first-order valence-corrected chi connectivity index (χ1v) is 11.8. The van der Waals surface area contributed by atoms with E-state index in [1.54, 1.807) is 23.1 Å². The minimum Gasteiger partial charge on any atom is -0.495 e. The van der Waals surface area contributed by atoms with Crippen molar-refractivity contribution in [3.63, 3.8) is 0 Å². The van der Waals surface area contributed by atoms with Crippen molar-refractivity contribution in [1.82, 2.24) is 20.0 Å². The number of ether oxygens (including phenoxy) is 1. The Balaban J connectivity index is 1.44. The fourth-order valence-corrected chi connectivity index (χ4v) is 4.88. The molecule has 2 heterocycles. The molecular weight excluding hydrogens is 438 g/mol. The Morgan fingerprint density at radius 3 is 2.47 bits per heavy atom. The highest BCUT2D eigenvalue weighted by Crippen LogP contribution is 2.36. The molecule has 1 saturated carbocycles. The van der Waals surface area contributed by atoms with Crippen molar-refractivity contribution in [1.29, 1.82) is 0 Å². The molecule has 10 nitrogen and oxygen atoms in total. The summed E-state index contributed by atoms with van der Waals surface area (Å²) < 4.78 is 5.35. The first-order valence-electron chi connectivity index (χ1n) is 11.8. The summed E-state index contributed by atoms with van der Waals surface area (Å²) in [4.78, 5) is 56.3. The van der Waals surface area contributed by atoms with Gasteiger partial charge in [-0.3, -0.25) is 19.3 Å². The highest BCUT2D eigenvalue weighted by molar-refractivity contribution is 6.10. The highest BCUT2D eigenvalue weighted by Gasteiger charge is 2.52. The molecule has 3 fully saturated rings. The minimum atomic E-state index is -0.892. The van der Waals surface area contributed by atoms with E-state index in [9.17, 15) is 19.2 Å². The molecule has 0 atom stereocenters. The Morgan fingerprint density at radius 1 is 1.15 bits per heavy atom. The molecule has 1 aliphatic carbocycles. The molecule has 2 N–H and O–H groups in total. The first kappa shape index (κ1) is 24.0. The summed E-state index contributed by atoms with van der Waals surface area (Å²) in [7, 11) is 3.49. The van der Waals surface area contributed by atoms with Gasteiger partial charge >= 0.3 is 6.03 Å². The van der Waals surface area contributed by atoms with E-state index in [1.807, 2.05) is 7.05 Å². The average Bonchev–Trinajstić information content (AvgIpc) is 3.05. The van der Waals surface area contributed by atoms with Crippen LogP contribution in [0.5, 0.6) is 5.75 Å². The van der Waals surface area contributed by atoms with Crippen molar-refractivity contribution in [3.8, 4) is 5.75 Å². The molecule has 0 bridgehead atoms. The standard InChI is InChI=1S/C24H33N5O5/c1-16-6-8-24(9-7-16)22(32)29(23(33)26-24)15-20(30)25-18-14-17(4-5-19(18)34-3)21(31)28-12-10-27(2)11-13-28/h4-5,14,16H,6-13,15H2,1-3H3,(H,25,30)(H,26,33). The molecule has 1 aromatic rings. The molecule has 0 unspecified atom stereocenters. The smallest absolute Gasteiger partial charge is 0.325 e. The third kappa shape index (κ3) is 4.72. The molecular formula is C24H33N5O5. The van der Waals surface area contributed by atoms with Crippen LogP contribution in [0.25, 0.3) is 0 Å². The zero-order chi connectivity index (χ0) is 24.5. The van der Waals surface area contributed by atoms with Gasteiger partial charge in [-0.15, -0.1) is 0 Å². The Morgan fingerprint density at radius 2 is 1.82 bits per heavy atom. The third-order valence-corrected chi connectivity index (χ3v) is 7.19. The van der Waals surface area contributed by atoms with Gasteiger partial charge in [0.15, 0.2) is 0 Å². The van der Waals surface area contributed by atoms with Crippen LogP contribution in [0.2, 0.25) is 0 Å². The summed E-state index contributed by atoms with van der Waals surface area (Å²) in [5.41, 5.74) is -0.136. The number of piperazine rings is 1. The maximum atomic E-state index is 13.0. The molecule has 10 heteroatoms. The summed E-state index contributed by atoms with van der Waals surface area (Å²) in [6, 6.07) is 4.33. The van der Waals surface area contributed by atoms with Gasteiger partial charge in [0.05, 0.1) is 12.8 Å². The van der Waals surface area contributed by atoms with E-state index in [2.05, 4.69) is 22.5 Å². The van der Waals surface area contributed by atoms with Crippen LogP contribution in [0.1, 0.15) is 43.0 Å². The second kappa shape index (κ2) is 9.61. The molecule has 184 valence electrons. The number of carbonyl (C=O) groups excluding carboxylic acids is 4. The van der Waals surface area contributed by atoms with E-state index >= 15 is 0 Å². The number of nitrogens with zero attached hydrogens (tertiary/aromatic N) is 3. The minimum absolute atomic E-state index is 0.117. The van der Waals surface area contributed by atoms with Gasteiger partial charge in [0, 0.05) is 31.7 Å². The van der Waals surface area contributed by atoms with Gasteiger partial charge in [-0.05, 0) is 56.8 Å². The zero-order valence-corrected chi connectivity index (χ0v) is 20.1. The van der Waals surface area contributed by atoms with Gasteiger partial charge in [-0.1, -0.05) is 6.92 Å². The predicted octanol–water partition coefficient (Wildman–Crippen LogP) is 1.52. The lowest BCUT2D eigenvalue weighted by Crippen LogP contribution is -2.49. The Hall–Kier alpha value is -3.14. The van der Waals surface area contributed by atoms with E-state index in [1.165, 1.54) is 7.11 Å². The van der Waals surface area contributed by atoms with Crippen LogP contribution in [0.3, 0.4) is 0 Å². The summed E-state index contributed by atoms with van der Waals surface area (Å²) in [6.45, 7) is 4.61. The fourth-order valence-electron chi connectivity index (χ4n) is 4.88. The van der Waals surface area contributed by atoms with Gasteiger partial charge in [0.2, 0.25) is 5.91 Å². The highest BCUT2D eigenvalue weighted by atomic mass is 16.5. The fraction of sp³-hybridized carbons (Fsp3) is 0.583. The van der Waals surface area contributed by atoms with E-state index in [0.29, 0.717) is 48.8 Å². The third-order valence-electron chi connectivity index (χ3n) is 7.19. The predicted molar refractivity (Wildman–Crippen MR) is 126 cm³/mol. The van der Waals surface area contributed by atoms with Gasteiger partial charge in [-0.25, -0.2) is 4.79 Å². The van der Waals surface area contributed by atoms with Gasteiger partial charge < -0.3 is 25.2 Å². The molecule has 3 aliphatic rings. The Labute approximate surface area is 199 Å². The van der Waals surface area contributed by atoms with Gasteiger partial charge in [0.1, 0.15) is 17.8 Å². The van der Waals surface area contributed by atoms with Crippen LogP contribution < -0.4 is 15.4 Å². The number of urea groups is 1. The van der Waals surface area contributed by atoms with E-state index in [4.69, 9.17) is 4.74 Å². The Kier molecular flexibility index (Phi) is 6.79. The molecule has 5 amide bonds. The summed E-state index contributed by atoms with van der Waals surface area (Å²) >= 11 is 0. The second-order valence-electron chi connectivity index (χ2n) is 9.64. The molecule has 34 heavy (non-hydrogen) atoms. The number of amides is 5. The molecule has 2 aliphatic heterocycles. The molecule has 0 aromatic heterocycles. The zero-order valence-electron chi connectivity index (χ0n) is 20.1. The van der Waals surface area contributed by atoms with E-state index < -0.39 is 24.0 Å². The number of methoxy groups -OCH3 is 1. The number of benzene rings is 1. The number of rotatable bonds is 5. The number of hydrogen-bond donors (Lipinski definition) is 2. The lowest BCUT2D eigenvalue weighted by molar-refractivity contribution is -0.135. The average molecular weight is 472 g/mol. The number of likely N-dealkylation sites (N-methyl/N-ethyl adjacent to an activating group) is 1. The number of nitrogens with one attached hydrogen (secondary N) is 2. The lowest BCUT2D eigenvalue weighted by atomic mass is 9.77. The summed E-state index contributed by atoms with van der Waals surface area (Å²) in [5, 5.41) is 5.54. The molecule has 0 radical (unpaired) electrons. The topological polar surface area (TPSA) is 111 Å². The first-order chi connectivity index (χ1) is 16.2. The van der Waals surface area contributed by atoms with Crippen LogP contribution in [0.4, 0.5) is 10.5 Å². The van der Waals surface area contributed by atoms with Crippen molar-refractivity contribution in [2.75, 3.05) is 52.2 Å². The largest absolute Gasteiger partial charge is 0.495 e. The maximum absolute atomic E-state index is 13.0. The SMILES string of the molecule is COc1ccc(C(=O)N2CCN(C)CC2)cc1NC(=O)CN1C(=O)NC2(CCC(C)CC2)C1=O. The molecule has 1 aromatic carbocycles. The van der Waals surface area contributed by atoms with Crippen LogP contribution in [0, 0.1) is 5.92 Å². The molecule has 4 rings (SSSR count). The molecule has 2 saturated heterocycles. The van der Waals surface area contributed by atoms with Crippen molar-refractivity contribution in [2.24, 2.45) is 5.92 Å². The maximum Gasteiger partial charge on any atom is 0.325 e. The van der Waals surface area contributed by atoms with Crippen molar-refractivity contribution < 1.29 is 23.9 Å². The van der Waals surface area contributed by atoms with Crippen LogP contribution in [0.15, 0.2) is 18.2 Å². The molecule has 1 spiro atoms. The quantitative estimate of drug-likeness (QED) is 0.630. The second-order valence-corrected chi connectivity index (χ2v) is 9.64. The van der Waals surface area contributed by atoms with Crippen LogP contribution in [-0.4, -0.2) is 90.9 Å². The van der Waals surface area contributed by atoms with Crippen molar-refractivity contribution >= 4 is 29.4 Å². The Bertz CT molecular complexity index is 980. The van der Waals surface area contributed by atoms with Crippen molar-refractivity contribution in [3.05, 3.63) is 23.8 Å².